The average molecular weight is 247 g/mol. The van der Waals surface area contributed by atoms with Crippen LogP contribution in [-0.2, 0) is 14.8 Å². The molecule has 0 spiro atoms. The zero-order chi connectivity index (χ0) is 12.2. The van der Waals surface area contributed by atoms with Crippen LogP contribution >= 0.6 is 0 Å². The summed E-state index contributed by atoms with van der Waals surface area (Å²) >= 11 is 0. The van der Waals surface area contributed by atoms with Crippen LogP contribution in [0.1, 0.15) is 6.92 Å². The third-order valence-corrected chi connectivity index (χ3v) is 3.50. The van der Waals surface area contributed by atoms with Gasteiger partial charge in [0, 0.05) is 13.2 Å². The molecule has 1 aromatic carbocycles. The summed E-state index contributed by atoms with van der Waals surface area (Å²) in [4.78, 5) is 0.0388. The van der Waals surface area contributed by atoms with E-state index in [-0.39, 0.29) is 17.5 Å². The van der Waals surface area contributed by atoms with Gasteiger partial charge in [0.05, 0.1) is 11.5 Å². The van der Waals surface area contributed by atoms with E-state index in [1.54, 1.807) is 6.92 Å². The SMILES string of the molecule is COC[C@@H](C)NS(=O)(=O)c1ccc(F)cc1. The van der Waals surface area contributed by atoms with Gasteiger partial charge >= 0.3 is 0 Å². The van der Waals surface area contributed by atoms with Crippen molar-refractivity contribution in [2.75, 3.05) is 13.7 Å². The van der Waals surface area contributed by atoms with Gasteiger partial charge in [0.25, 0.3) is 0 Å². The number of rotatable bonds is 5. The molecule has 1 N–H and O–H groups in total. The van der Waals surface area contributed by atoms with E-state index in [9.17, 15) is 12.8 Å². The number of ether oxygens (including phenoxy) is 1. The normalized spacial score (nSPS) is 13.7. The molecule has 1 aromatic rings. The second kappa shape index (κ2) is 5.38. The maximum Gasteiger partial charge on any atom is 0.240 e. The Bertz CT molecular complexity index is 430. The monoisotopic (exact) mass is 247 g/mol. The van der Waals surface area contributed by atoms with E-state index in [2.05, 4.69) is 4.72 Å². The largest absolute Gasteiger partial charge is 0.383 e. The van der Waals surface area contributed by atoms with Crippen LogP contribution in [0.5, 0.6) is 0 Å². The van der Waals surface area contributed by atoms with Crippen LogP contribution < -0.4 is 4.72 Å². The van der Waals surface area contributed by atoms with E-state index in [1.165, 1.54) is 19.2 Å². The van der Waals surface area contributed by atoms with Crippen LogP contribution in [0, 0.1) is 5.82 Å². The molecule has 0 unspecified atom stereocenters. The van der Waals surface area contributed by atoms with Crippen molar-refractivity contribution in [2.45, 2.75) is 17.9 Å². The summed E-state index contributed by atoms with van der Waals surface area (Å²) in [5.74, 6) is -0.469. The maximum absolute atomic E-state index is 12.6. The Morgan fingerprint density at radius 2 is 1.94 bits per heavy atom. The predicted octanol–water partition coefficient (Wildman–Crippen LogP) is 1.14. The Morgan fingerprint density at radius 1 is 1.38 bits per heavy atom. The van der Waals surface area contributed by atoms with Gasteiger partial charge in [-0.25, -0.2) is 17.5 Å². The lowest BCUT2D eigenvalue weighted by atomic mass is 10.4. The molecule has 0 bridgehead atoms. The summed E-state index contributed by atoms with van der Waals surface area (Å²) in [5, 5.41) is 0. The van der Waals surface area contributed by atoms with Crippen molar-refractivity contribution in [3.63, 3.8) is 0 Å². The van der Waals surface area contributed by atoms with Gasteiger partial charge in [-0.3, -0.25) is 0 Å². The molecule has 4 nitrogen and oxygen atoms in total. The Balaban J connectivity index is 2.82. The Kier molecular flexibility index (Phi) is 4.40. The standard InChI is InChI=1S/C10H14FNO3S/c1-8(7-15-2)12-16(13,14)10-5-3-9(11)4-6-10/h3-6,8,12H,7H2,1-2H3/t8-/m1/s1. The third-order valence-electron chi connectivity index (χ3n) is 1.90. The molecule has 0 heterocycles. The van der Waals surface area contributed by atoms with Gasteiger partial charge in [-0.05, 0) is 31.2 Å². The van der Waals surface area contributed by atoms with Gasteiger partial charge in [0.15, 0.2) is 0 Å². The fourth-order valence-corrected chi connectivity index (χ4v) is 2.46. The molecular weight excluding hydrogens is 233 g/mol. The van der Waals surface area contributed by atoms with E-state index in [0.29, 0.717) is 0 Å². The Labute approximate surface area is 94.5 Å². The fraction of sp³-hybridized carbons (Fsp3) is 0.400. The van der Waals surface area contributed by atoms with Crippen LogP contribution in [0.15, 0.2) is 29.2 Å². The number of halogens is 1. The zero-order valence-corrected chi connectivity index (χ0v) is 9.92. The van der Waals surface area contributed by atoms with Crippen LogP contribution in [0.25, 0.3) is 0 Å². The molecule has 0 aliphatic heterocycles. The lowest BCUT2D eigenvalue weighted by Crippen LogP contribution is -2.35. The molecule has 0 amide bonds. The van der Waals surface area contributed by atoms with Crippen molar-refractivity contribution in [2.24, 2.45) is 0 Å². The molecule has 1 rings (SSSR count). The highest BCUT2D eigenvalue weighted by molar-refractivity contribution is 7.89. The minimum absolute atomic E-state index is 0.0388. The number of hydrogen-bond acceptors (Lipinski definition) is 3. The molecule has 0 fully saturated rings. The topological polar surface area (TPSA) is 55.4 Å². The molecule has 90 valence electrons. The Hall–Kier alpha value is -0.980. The van der Waals surface area contributed by atoms with Gasteiger partial charge in [-0.1, -0.05) is 0 Å². The van der Waals surface area contributed by atoms with Crippen LogP contribution in [0.2, 0.25) is 0 Å². The van der Waals surface area contributed by atoms with E-state index in [4.69, 9.17) is 4.74 Å². The molecule has 6 heteroatoms. The second-order valence-electron chi connectivity index (χ2n) is 3.43. The highest BCUT2D eigenvalue weighted by atomic mass is 32.2. The van der Waals surface area contributed by atoms with E-state index in [1.807, 2.05) is 0 Å². The molecule has 16 heavy (non-hydrogen) atoms. The number of methoxy groups -OCH3 is 1. The van der Waals surface area contributed by atoms with Crippen molar-refractivity contribution in [3.05, 3.63) is 30.1 Å². The second-order valence-corrected chi connectivity index (χ2v) is 5.15. The highest BCUT2D eigenvalue weighted by Crippen LogP contribution is 2.10. The van der Waals surface area contributed by atoms with Crippen LogP contribution in [0.4, 0.5) is 4.39 Å². The molecule has 0 aliphatic carbocycles. The molecule has 1 atom stereocenters. The average Bonchev–Trinajstić information content (AvgIpc) is 2.17. The Morgan fingerprint density at radius 3 is 2.44 bits per heavy atom. The van der Waals surface area contributed by atoms with Gasteiger partial charge in [-0.15, -0.1) is 0 Å². The lowest BCUT2D eigenvalue weighted by Gasteiger charge is -2.12. The van der Waals surface area contributed by atoms with Crippen molar-refractivity contribution in [1.29, 1.82) is 0 Å². The van der Waals surface area contributed by atoms with E-state index >= 15 is 0 Å². The summed E-state index contributed by atoms with van der Waals surface area (Å²) in [6.45, 7) is 1.96. The number of benzene rings is 1. The first-order valence-corrected chi connectivity index (χ1v) is 6.21. The molecule has 0 saturated carbocycles. The van der Waals surface area contributed by atoms with E-state index < -0.39 is 15.8 Å². The summed E-state index contributed by atoms with van der Waals surface area (Å²) in [7, 11) is -2.11. The van der Waals surface area contributed by atoms with Crippen molar-refractivity contribution in [3.8, 4) is 0 Å². The van der Waals surface area contributed by atoms with Gasteiger partial charge in [0.2, 0.25) is 10.0 Å². The number of nitrogens with one attached hydrogen (secondary N) is 1. The number of hydrogen-bond donors (Lipinski definition) is 1. The molecule has 0 aromatic heterocycles. The van der Waals surface area contributed by atoms with Crippen LogP contribution in [0.3, 0.4) is 0 Å². The summed E-state index contributed by atoms with van der Waals surface area (Å²) < 4.78 is 43.3. The predicted molar refractivity (Wildman–Crippen MR) is 58.1 cm³/mol. The van der Waals surface area contributed by atoms with Gasteiger partial charge in [0.1, 0.15) is 5.82 Å². The van der Waals surface area contributed by atoms with Crippen LogP contribution in [-0.4, -0.2) is 28.2 Å². The fourth-order valence-electron chi connectivity index (χ4n) is 1.23. The van der Waals surface area contributed by atoms with Crippen molar-refractivity contribution < 1.29 is 17.5 Å². The molecule has 0 aliphatic rings. The summed E-state index contributed by atoms with van der Waals surface area (Å²) in [5.41, 5.74) is 0. The molecule has 0 saturated heterocycles. The lowest BCUT2D eigenvalue weighted by molar-refractivity contribution is 0.180. The van der Waals surface area contributed by atoms with E-state index in [0.717, 1.165) is 12.1 Å². The minimum Gasteiger partial charge on any atom is -0.383 e. The first-order chi connectivity index (χ1) is 7.45. The van der Waals surface area contributed by atoms with Gasteiger partial charge in [-0.2, -0.15) is 0 Å². The zero-order valence-electron chi connectivity index (χ0n) is 9.10. The third kappa shape index (κ3) is 3.55. The first-order valence-electron chi connectivity index (χ1n) is 4.72. The smallest absolute Gasteiger partial charge is 0.240 e. The number of sulfonamides is 1. The minimum atomic E-state index is -3.60. The molecule has 0 radical (unpaired) electrons. The van der Waals surface area contributed by atoms with Gasteiger partial charge < -0.3 is 4.74 Å². The maximum atomic E-state index is 12.6. The first kappa shape index (κ1) is 13.1. The summed E-state index contributed by atoms with van der Waals surface area (Å²) in [6.07, 6.45) is 0. The highest BCUT2D eigenvalue weighted by Gasteiger charge is 2.16. The molecular formula is C10H14FNO3S. The summed E-state index contributed by atoms with van der Waals surface area (Å²) in [6, 6.07) is 4.32. The quantitative estimate of drug-likeness (QED) is 0.849. The van der Waals surface area contributed by atoms with Crippen molar-refractivity contribution in [1.82, 2.24) is 4.72 Å². The van der Waals surface area contributed by atoms with Crippen molar-refractivity contribution >= 4 is 10.0 Å².